The van der Waals surface area contributed by atoms with Crippen LogP contribution in [-0.4, -0.2) is 57.3 Å². The molecule has 0 unspecified atom stereocenters. The summed E-state index contributed by atoms with van der Waals surface area (Å²) >= 11 is 6.18. The van der Waals surface area contributed by atoms with Crippen LogP contribution in [0.3, 0.4) is 0 Å². The van der Waals surface area contributed by atoms with E-state index in [1.807, 2.05) is 18.5 Å². The van der Waals surface area contributed by atoms with E-state index in [1.54, 1.807) is 6.33 Å². The van der Waals surface area contributed by atoms with E-state index in [2.05, 4.69) is 66.7 Å². The first kappa shape index (κ1) is 31.0. The first-order chi connectivity index (χ1) is 20.1. The van der Waals surface area contributed by atoms with Crippen LogP contribution in [0, 0.1) is 11.3 Å². The van der Waals surface area contributed by atoms with Crippen molar-refractivity contribution in [1.82, 2.24) is 30.3 Å². The Morgan fingerprint density at radius 3 is 2.50 bits per heavy atom. The molecule has 1 aromatic heterocycles. The third-order valence-corrected chi connectivity index (χ3v) is 10.1. The van der Waals surface area contributed by atoms with Gasteiger partial charge in [-0.15, -0.1) is 12.4 Å². The number of fused-ring (bicyclic) bond motifs is 1. The quantitative estimate of drug-likeness (QED) is 0.337. The highest BCUT2D eigenvalue weighted by molar-refractivity contribution is 6.30. The van der Waals surface area contributed by atoms with Crippen LogP contribution < -0.4 is 10.6 Å². The Hall–Kier alpha value is -2.45. The highest BCUT2D eigenvalue weighted by atomic mass is 35.5. The monoisotopic (exact) mass is 610 g/mol. The van der Waals surface area contributed by atoms with Crippen LogP contribution in [0.4, 0.5) is 0 Å². The average Bonchev–Trinajstić information content (AvgIpc) is 3.52. The largest absolute Gasteiger partial charge is 0.350 e. The third-order valence-electron chi connectivity index (χ3n) is 9.88. The number of nitrogens with zero attached hydrogens (tertiary/aromatic N) is 4. The van der Waals surface area contributed by atoms with Crippen molar-refractivity contribution in [3.05, 3.63) is 82.9 Å². The van der Waals surface area contributed by atoms with Crippen molar-refractivity contribution in [2.75, 3.05) is 19.6 Å². The third kappa shape index (κ3) is 7.54. The van der Waals surface area contributed by atoms with Crippen LogP contribution in [0.2, 0.25) is 5.02 Å². The number of hydrogen-bond acceptors (Lipinski definition) is 5. The summed E-state index contributed by atoms with van der Waals surface area (Å²) in [5.74, 6) is 0.852. The average molecular weight is 612 g/mol. The van der Waals surface area contributed by atoms with E-state index in [4.69, 9.17) is 11.6 Å². The molecule has 3 aliphatic rings. The summed E-state index contributed by atoms with van der Waals surface area (Å²) in [5, 5.41) is 12.1. The molecule has 1 saturated carbocycles. The molecule has 0 radical (unpaired) electrons. The maximum Gasteiger partial charge on any atom is 0.237 e. The lowest BCUT2D eigenvalue weighted by molar-refractivity contribution is -0.124. The van der Waals surface area contributed by atoms with Crippen LogP contribution in [0.5, 0.6) is 0 Å². The Morgan fingerprint density at radius 2 is 1.79 bits per heavy atom. The van der Waals surface area contributed by atoms with Gasteiger partial charge in [0.1, 0.15) is 12.7 Å². The van der Waals surface area contributed by atoms with E-state index in [9.17, 15) is 4.79 Å². The summed E-state index contributed by atoms with van der Waals surface area (Å²) in [5.41, 5.74) is 4.03. The number of carbonyl (C=O) groups excluding carboxylic acids is 1. The Bertz CT molecular complexity index is 1270. The smallest absolute Gasteiger partial charge is 0.237 e. The van der Waals surface area contributed by atoms with Gasteiger partial charge in [-0.2, -0.15) is 5.10 Å². The second-order valence-corrected chi connectivity index (χ2v) is 13.0. The van der Waals surface area contributed by atoms with Crippen molar-refractivity contribution in [3.8, 4) is 0 Å². The molecule has 2 aromatic carbocycles. The van der Waals surface area contributed by atoms with Crippen LogP contribution in [0.15, 0.2) is 61.2 Å². The maximum absolute atomic E-state index is 13.6. The molecule has 3 heterocycles. The lowest BCUT2D eigenvalue weighted by atomic mass is 9.63. The second kappa shape index (κ2) is 14.3. The number of benzene rings is 2. The molecular formula is C33H44Cl2N6O. The number of amides is 1. The fourth-order valence-electron chi connectivity index (χ4n) is 7.55. The van der Waals surface area contributed by atoms with E-state index in [0.29, 0.717) is 0 Å². The molecule has 1 amide bonds. The molecule has 42 heavy (non-hydrogen) atoms. The van der Waals surface area contributed by atoms with Gasteiger partial charge in [-0.1, -0.05) is 67.3 Å². The summed E-state index contributed by atoms with van der Waals surface area (Å²) in [6.07, 6.45) is 14.1. The topological polar surface area (TPSA) is 75.1 Å². The van der Waals surface area contributed by atoms with E-state index in [1.165, 1.54) is 61.6 Å². The van der Waals surface area contributed by atoms with Gasteiger partial charge in [0.15, 0.2) is 0 Å². The number of halogens is 2. The highest BCUT2D eigenvalue weighted by Crippen LogP contribution is 2.47. The molecule has 2 aliphatic heterocycles. The van der Waals surface area contributed by atoms with Gasteiger partial charge in [0.05, 0.1) is 6.04 Å². The van der Waals surface area contributed by atoms with Crippen LogP contribution in [0.25, 0.3) is 0 Å². The molecule has 2 atom stereocenters. The van der Waals surface area contributed by atoms with E-state index >= 15 is 0 Å². The van der Waals surface area contributed by atoms with E-state index < -0.39 is 0 Å². The summed E-state index contributed by atoms with van der Waals surface area (Å²) in [4.78, 5) is 20.4. The maximum atomic E-state index is 13.6. The van der Waals surface area contributed by atoms with Crippen LogP contribution >= 0.6 is 24.0 Å². The zero-order chi connectivity index (χ0) is 28.1. The van der Waals surface area contributed by atoms with Gasteiger partial charge in [-0.3, -0.25) is 9.48 Å². The second-order valence-electron chi connectivity index (χ2n) is 12.5. The number of rotatable bonds is 9. The SMILES string of the molecule is Cl.O=C(N[C@@H](Cc1ccc(Cl)cc1)CN1CCC(Cn2cncn2)(C2CCCCC2)CC1)[C@H]1Cc2ccccc2CN1. The Labute approximate surface area is 261 Å². The highest BCUT2D eigenvalue weighted by Gasteiger charge is 2.42. The van der Waals surface area contributed by atoms with Crippen LogP contribution in [0.1, 0.15) is 61.6 Å². The number of hydrogen-bond donors (Lipinski definition) is 2. The summed E-state index contributed by atoms with van der Waals surface area (Å²) in [6, 6.07) is 16.3. The first-order valence-corrected chi connectivity index (χ1v) is 15.8. The molecule has 2 N–H and O–H groups in total. The van der Waals surface area contributed by atoms with Crippen molar-refractivity contribution in [3.63, 3.8) is 0 Å². The normalized spacial score (nSPS) is 21.6. The van der Waals surface area contributed by atoms with Gasteiger partial charge in [0.2, 0.25) is 5.91 Å². The molecule has 7 nitrogen and oxygen atoms in total. The minimum Gasteiger partial charge on any atom is -0.350 e. The van der Waals surface area contributed by atoms with Crippen molar-refractivity contribution in [1.29, 1.82) is 0 Å². The predicted molar refractivity (Wildman–Crippen MR) is 170 cm³/mol. The van der Waals surface area contributed by atoms with Gasteiger partial charge in [-0.05, 0) is 91.8 Å². The molecule has 0 spiro atoms. The van der Waals surface area contributed by atoms with Gasteiger partial charge in [-0.25, -0.2) is 4.98 Å². The zero-order valence-electron chi connectivity index (χ0n) is 24.4. The fraction of sp³-hybridized carbons (Fsp3) is 0.545. The molecule has 2 fully saturated rings. The molecule has 1 aliphatic carbocycles. The van der Waals surface area contributed by atoms with Gasteiger partial charge in [0, 0.05) is 30.7 Å². The van der Waals surface area contributed by atoms with Crippen molar-refractivity contribution in [2.45, 2.75) is 83.0 Å². The Balaban J connectivity index is 0.00000353. The summed E-state index contributed by atoms with van der Waals surface area (Å²) in [7, 11) is 0. The minimum atomic E-state index is -0.208. The van der Waals surface area contributed by atoms with Crippen molar-refractivity contribution < 1.29 is 4.79 Å². The van der Waals surface area contributed by atoms with Crippen molar-refractivity contribution in [2.24, 2.45) is 11.3 Å². The molecule has 226 valence electrons. The Morgan fingerprint density at radius 1 is 1.05 bits per heavy atom. The molecule has 9 heteroatoms. The predicted octanol–water partition coefficient (Wildman–Crippen LogP) is 5.46. The van der Waals surface area contributed by atoms with Crippen molar-refractivity contribution >= 4 is 29.9 Å². The molecule has 6 rings (SSSR count). The molecule has 0 bridgehead atoms. The minimum absolute atomic E-state index is 0. The van der Waals surface area contributed by atoms with Gasteiger partial charge >= 0.3 is 0 Å². The molecule has 1 saturated heterocycles. The molecular weight excluding hydrogens is 567 g/mol. The number of nitrogens with one attached hydrogen (secondary N) is 2. The first-order valence-electron chi connectivity index (χ1n) is 15.5. The lowest BCUT2D eigenvalue weighted by Gasteiger charge is -2.48. The number of aromatic nitrogens is 3. The van der Waals surface area contributed by atoms with E-state index in [0.717, 1.165) is 56.5 Å². The molecule has 3 aromatic rings. The standard InChI is InChI=1S/C33H43ClN6O.ClH/c34-29-12-10-25(11-13-29)18-30(38-32(41)31-19-26-6-4-5-7-27(26)20-36-31)21-39-16-14-33(15-17-39,22-40-24-35-23-37-40)28-8-2-1-3-9-28;/h4-7,10-13,23-24,28,30-31,36H,1-3,8-9,14-22H2,(H,38,41);1H/t30-,31+;/m0./s1. The number of likely N-dealkylation sites (tertiary alicyclic amines) is 1. The summed E-state index contributed by atoms with van der Waals surface area (Å²) in [6.45, 7) is 4.64. The zero-order valence-corrected chi connectivity index (χ0v) is 26.0. The fourth-order valence-corrected chi connectivity index (χ4v) is 7.67. The number of carbonyl (C=O) groups is 1. The lowest BCUT2D eigenvalue weighted by Crippen LogP contribution is -2.55. The number of piperidine rings is 1. The van der Waals surface area contributed by atoms with Gasteiger partial charge in [0.25, 0.3) is 0 Å². The van der Waals surface area contributed by atoms with Gasteiger partial charge < -0.3 is 15.5 Å². The Kier molecular flexibility index (Phi) is 10.6. The van der Waals surface area contributed by atoms with Crippen LogP contribution in [-0.2, 0) is 30.7 Å². The summed E-state index contributed by atoms with van der Waals surface area (Å²) < 4.78 is 2.06. The van der Waals surface area contributed by atoms with E-state index in [-0.39, 0.29) is 35.8 Å².